The Bertz CT molecular complexity index is 721. The van der Waals surface area contributed by atoms with Crippen molar-refractivity contribution in [1.82, 2.24) is 9.38 Å². The summed E-state index contributed by atoms with van der Waals surface area (Å²) in [4.78, 5) is 4.33. The van der Waals surface area contributed by atoms with Gasteiger partial charge in [-0.3, -0.25) is 4.40 Å². The van der Waals surface area contributed by atoms with E-state index in [4.69, 9.17) is 16.3 Å². The van der Waals surface area contributed by atoms with Crippen molar-refractivity contribution in [3.05, 3.63) is 65.2 Å². The van der Waals surface area contributed by atoms with E-state index in [0.717, 1.165) is 17.0 Å². The minimum Gasteiger partial charge on any atom is -0.487 e. The third kappa shape index (κ3) is 2.42. The number of hydrogen-bond donors (Lipinski definition) is 0. The fourth-order valence-corrected chi connectivity index (χ4v) is 2.27. The first-order chi connectivity index (χ1) is 9.24. The number of aryl methyl sites for hydroxylation is 1. The number of halogens is 1. The lowest BCUT2D eigenvalue weighted by Crippen LogP contribution is -1.96. The minimum absolute atomic E-state index is 0.406. The minimum atomic E-state index is 0.406. The number of ether oxygens (including phenoxy) is 1. The quantitative estimate of drug-likeness (QED) is 0.723. The van der Waals surface area contributed by atoms with E-state index in [-0.39, 0.29) is 0 Å². The molecule has 0 aliphatic carbocycles. The second kappa shape index (κ2) is 4.94. The molecular formula is C15H13ClN2O. The van der Waals surface area contributed by atoms with Crippen LogP contribution in [-0.2, 0) is 6.61 Å². The Balaban J connectivity index is 1.86. The van der Waals surface area contributed by atoms with Crippen LogP contribution in [-0.4, -0.2) is 9.38 Å². The van der Waals surface area contributed by atoms with Crippen LogP contribution >= 0.6 is 11.6 Å². The largest absolute Gasteiger partial charge is 0.487 e. The molecule has 3 aromatic rings. The average Bonchev–Trinajstić information content (AvgIpc) is 2.74. The zero-order chi connectivity index (χ0) is 13.2. The first kappa shape index (κ1) is 12.1. The van der Waals surface area contributed by atoms with Gasteiger partial charge in [0, 0.05) is 6.20 Å². The van der Waals surface area contributed by atoms with Crippen LogP contribution in [0.2, 0.25) is 5.28 Å². The molecule has 2 heterocycles. The van der Waals surface area contributed by atoms with E-state index in [1.807, 2.05) is 60.0 Å². The van der Waals surface area contributed by atoms with Crippen LogP contribution in [0.25, 0.3) is 5.52 Å². The van der Waals surface area contributed by atoms with Crippen LogP contribution in [0.4, 0.5) is 0 Å². The topological polar surface area (TPSA) is 26.5 Å². The molecule has 4 heteroatoms. The van der Waals surface area contributed by atoms with Crippen LogP contribution in [0.15, 0.2) is 48.7 Å². The Kier molecular flexibility index (Phi) is 3.13. The maximum Gasteiger partial charge on any atom is 0.207 e. The van der Waals surface area contributed by atoms with Crippen molar-refractivity contribution in [2.24, 2.45) is 0 Å². The molecule has 0 saturated heterocycles. The fraction of sp³-hybridized carbons (Fsp3) is 0.133. The Morgan fingerprint density at radius 1 is 1.21 bits per heavy atom. The van der Waals surface area contributed by atoms with Gasteiger partial charge in [-0.15, -0.1) is 0 Å². The second-order valence-corrected chi connectivity index (χ2v) is 4.73. The van der Waals surface area contributed by atoms with E-state index in [1.165, 1.54) is 5.56 Å². The SMILES string of the molecule is Cc1cccc(OCc2nc(Cl)n3ccccc23)c1. The molecule has 0 N–H and O–H groups in total. The number of imidazole rings is 1. The van der Waals surface area contributed by atoms with E-state index < -0.39 is 0 Å². The highest BCUT2D eigenvalue weighted by atomic mass is 35.5. The van der Waals surface area contributed by atoms with Crippen molar-refractivity contribution < 1.29 is 4.74 Å². The predicted molar refractivity (Wildman–Crippen MR) is 75.7 cm³/mol. The van der Waals surface area contributed by atoms with Crippen LogP contribution in [0.5, 0.6) is 5.75 Å². The molecule has 0 unspecified atom stereocenters. The van der Waals surface area contributed by atoms with Crippen molar-refractivity contribution in [2.75, 3.05) is 0 Å². The van der Waals surface area contributed by atoms with E-state index in [2.05, 4.69) is 4.98 Å². The van der Waals surface area contributed by atoms with E-state index >= 15 is 0 Å². The third-order valence-corrected chi connectivity index (χ3v) is 3.21. The van der Waals surface area contributed by atoms with Crippen LogP contribution in [0.1, 0.15) is 11.3 Å². The zero-order valence-corrected chi connectivity index (χ0v) is 11.3. The van der Waals surface area contributed by atoms with Gasteiger partial charge in [-0.2, -0.15) is 0 Å². The molecule has 96 valence electrons. The number of rotatable bonds is 3. The summed E-state index contributed by atoms with van der Waals surface area (Å²) in [5.41, 5.74) is 2.98. The molecule has 0 fully saturated rings. The summed E-state index contributed by atoms with van der Waals surface area (Å²) in [5.74, 6) is 0.841. The van der Waals surface area contributed by atoms with Crippen molar-refractivity contribution in [2.45, 2.75) is 13.5 Å². The number of fused-ring (bicyclic) bond motifs is 1. The van der Waals surface area contributed by atoms with Crippen LogP contribution in [0, 0.1) is 6.92 Å². The zero-order valence-electron chi connectivity index (χ0n) is 10.5. The van der Waals surface area contributed by atoms with E-state index in [9.17, 15) is 0 Å². The summed E-state index contributed by atoms with van der Waals surface area (Å²) in [6, 6.07) is 13.8. The van der Waals surface area contributed by atoms with Gasteiger partial charge in [-0.1, -0.05) is 18.2 Å². The molecule has 0 aliphatic heterocycles. The molecule has 0 spiro atoms. The fourth-order valence-electron chi connectivity index (χ4n) is 2.02. The molecule has 0 saturated carbocycles. The van der Waals surface area contributed by atoms with Gasteiger partial charge in [0.15, 0.2) is 0 Å². The lowest BCUT2D eigenvalue weighted by atomic mass is 10.2. The molecule has 0 bridgehead atoms. The molecule has 1 aromatic carbocycles. The summed E-state index contributed by atoms with van der Waals surface area (Å²) < 4.78 is 7.60. The highest BCUT2D eigenvalue weighted by molar-refractivity contribution is 6.28. The first-order valence-corrected chi connectivity index (χ1v) is 6.43. The second-order valence-electron chi connectivity index (χ2n) is 4.39. The molecule has 0 atom stereocenters. The highest BCUT2D eigenvalue weighted by Gasteiger charge is 2.09. The summed E-state index contributed by atoms with van der Waals surface area (Å²) in [7, 11) is 0. The Labute approximate surface area is 116 Å². The smallest absolute Gasteiger partial charge is 0.207 e. The van der Waals surface area contributed by atoms with Gasteiger partial charge in [0.1, 0.15) is 18.1 Å². The first-order valence-electron chi connectivity index (χ1n) is 6.05. The van der Waals surface area contributed by atoms with E-state index in [0.29, 0.717) is 11.9 Å². The monoisotopic (exact) mass is 272 g/mol. The predicted octanol–water partition coefficient (Wildman–Crippen LogP) is 3.88. The van der Waals surface area contributed by atoms with Gasteiger partial charge in [0.25, 0.3) is 0 Å². The lowest BCUT2D eigenvalue weighted by molar-refractivity contribution is 0.303. The Hall–Kier alpha value is -2.00. The lowest BCUT2D eigenvalue weighted by Gasteiger charge is -2.05. The third-order valence-electron chi connectivity index (χ3n) is 2.95. The highest BCUT2D eigenvalue weighted by Crippen LogP contribution is 2.19. The molecule has 3 rings (SSSR count). The summed E-state index contributed by atoms with van der Waals surface area (Å²) in [5, 5.41) is 0.457. The number of benzene rings is 1. The van der Waals surface area contributed by atoms with Crippen molar-refractivity contribution in [1.29, 1.82) is 0 Å². The van der Waals surface area contributed by atoms with Crippen LogP contribution in [0.3, 0.4) is 0 Å². The number of aromatic nitrogens is 2. The Morgan fingerprint density at radius 3 is 2.95 bits per heavy atom. The van der Waals surface area contributed by atoms with Gasteiger partial charge in [0.05, 0.1) is 5.52 Å². The molecule has 0 amide bonds. The maximum atomic E-state index is 6.08. The Morgan fingerprint density at radius 2 is 2.11 bits per heavy atom. The number of pyridine rings is 1. The molecule has 19 heavy (non-hydrogen) atoms. The van der Waals surface area contributed by atoms with Crippen molar-refractivity contribution >= 4 is 17.1 Å². The number of nitrogens with zero attached hydrogens (tertiary/aromatic N) is 2. The molecule has 0 radical (unpaired) electrons. The number of hydrogen-bond acceptors (Lipinski definition) is 2. The average molecular weight is 273 g/mol. The summed E-state index contributed by atoms with van der Waals surface area (Å²) in [6.45, 7) is 2.44. The van der Waals surface area contributed by atoms with Crippen molar-refractivity contribution in [3.8, 4) is 5.75 Å². The van der Waals surface area contributed by atoms with Gasteiger partial charge >= 0.3 is 0 Å². The molecular weight excluding hydrogens is 260 g/mol. The van der Waals surface area contributed by atoms with Gasteiger partial charge < -0.3 is 4.74 Å². The molecule has 0 aliphatic rings. The van der Waals surface area contributed by atoms with Crippen molar-refractivity contribution in [3.63, 3.8) is 0 Å². The van der Waals surface area contributed by atoms with Gasteiger partial charge in [-0.25, -0.2) is 4.98 Å². The van der Waals surface area contributed by atoms with E-state index in [1.54, 1.807) is 0 Å². The maximum absolute atomic E-state index is 6.08. The van der Waals surface area contributed by atoms with Crippen LogP contribution < -0.4 is 4.74 Å². The van der Waals surface area contributed by atoms with Gasteiger partial charge in [0.2, 0.25) is 5.28 Å². The summed E-state index contributed by atoms with van der Waals surface area (Å²) in [6.07, 6.45) is 1.89. The normalized spacial score (nSPS) is 10.8. The standard InChI is InChI=1S/C15H13ClN2O/c1-11-5-4-6-12(9-11)19-10-13-14-7-2-3-8-18(14)15(16)17-13/h2-9H,10H2,1H3. The molecule has 3 nitrogen and oxygen atoms in total. The summed E-state index contributed by atoms with van der Waals surface area (Å²) >= 11 is 6.08. The van der Waals surface area contributed by atoms with Gasteiger partial charge in [-0.05, 0) is 48.4 Å². The molecule has 2 aromatic heterocycles.